The fraction of sp³-hybridized carbons (Fsp3) is 0.611. The third-order valence-corrected chi connectivity index (χ3v) is 4.70. The van der Waals surface area contributed by atoms with Crippen LogP contribution in [0, 0.1) is 11.7 Å². The third kappa shape index (κ3) is 6.09. The predicted molar refractivity (Wildman–Crippen MR) is 92.2 cm³/mol. The van der Waals surface area contributed by atoms with E-state index in [0.717, 1.165) is 26.1 Å². The first-order valence-electron chi connectivity index (χ1n) is 8.76. The highest BCUT2D eigenvalue weighted by molar-refractivity contribution is 5.73. The summed E-state index contributed by atoms with van der Waals surface area (Å²) in [5.41, 5.74) is 0.583. The van der Waals surface area contributed by atoms with Gasteiger partial charge in [0.25, 0.3) is 0 Å². The second-order valence-electron chi connectivity index (χ2n) is 6.37. The molecule has 0 bridgehead atoms. The Morgan fingerprint density at radius 3 is 2.58 bits per heavy atom. The van der Waals surface area contributed by atoms with Gasteiger partial charge in [0, 0.05) is 13.1 Å². The molecule has 0 saturated carbocycles. The lowest BCUT2D eigenvalue weighted by molar-refractivity contribution is 0.172. The number of amides is 2. The number of nitrogens with one attached hydrogen (secondary N) is 2. The molecule has 1 aliphatic heterocycles. The second-order valence-corrected chi connectivity index (χ2v) is 6.37. The van der Waals surface area contributed by atoms with Gasteiger partial charge in [-0.15, -0.1) is 0 Å². The molecule has 1 saturated heterocycles. The van der Waals surface area contributed by atoms with Gasteiger partial charge in [-0.1, -0.05) is 19.1 Å². The van der Waals surface area contributed by atoms with Crippen LogP contribution in [0.2, 0.25) is 0 Å². The number of rotatable bonds is 7. The normalized spacial score (nSPS) is 17.5. The number of hydrogen-bond acceptors (Lipinski definition) is 3. The van der Waals surface area contributed by atoms with Crippen molar-refractivity contribution in [2.45, 2.75) is 32.3 Å². The number of likely N-dealkylation sites (tertiary alicyclic amines) is 1. The molecule has 2 rings (SSSR count). The number of benzene rings is 1. The molecule has 0 spiro atoms. The first-order valence-corrected chi connectivity index (χ1v) is 8.76. The van der Waals surface area contributed by atoms with Crippen molar-refractivity contribution in [2.75, 3.05) is 32.7 Å². The highest BCUT2D eigenvalue weighted by atomic mass is 19.1. The van der Waals surface area contributed by atoms with Crippen LogP contribution < -0.4 is 10.6 Å². The second kappa shape index (κ2) is 9.59. The summed E-state index contributed by atoms with van der Waals surface area (Å²) in [5, 5.41) is 15.5. The number of hydrogen-bond donors (Lipinski definition) is 3. The zero-order valence-electron chi connectivity index (χ0n) is 14.3. The number of halogens is 1. The summed E-state index contributed by atoms with van der Waals surface area (Å²) in [6, 6.07) is 5.34. The molecular weight excluding hydrogens is 309 g/mol. The highest BCUT2D eigenvalue weighted by Gasteiger charge is 2.17. The van der Waals surface area contributed by atoms with Gasteiger partial charge >= 0.3 is 6.03 Å². The third-order valence-electron chi connectivity index (χ3n) is 4.70. The van der Waals surface area contributed by atoms with E-state index in [2.05, 4.69) is 22.5 Å². The summed E-state index contributed by atoms with van der Waals surface area (Å²) in [6.45, 7) is 6.35. The molecule has 1 aromatic rings. The Hall–Kier alpha value is -1.66. The molecule has 6 heteroatoms. The SMILES string of the molecule is CCN1CCC(CCNC(=O)NCC(O)c2ccc(F)cc2)CC1. The molecule has 1 fully saturated rings. The number of urea groups is 1. The Morgan fingerprint density at radius 1 is 1.29 bits per heavy atom. The monoisotopic (exact) mass is 337 g/mol. The molecule has 1 unspecified atom stereocenters. The predicted octanol–water partition coefficient (Wildman–Crippen LogP) is 2.28. The van der Waals surface area contributed by atoms with Crippen LogP contribution in [0.25, 0.3) is 0 Å². The number of nitrogens with zero attached hydrogens (tertiary/aromatic N) is 1. The summed E-state index contributed by atoms with van der Waals surface area (Å²) in [7, 11) is 0. The van der Waals surface area contributed by atoms with Crippen molar-refractivity contribution in [2.24, 2.45) is 5.92 Å². The summed E-state index contributed by atoms with van der Waals surface area (Å²) in [6.07, 6.45) is 2.54. The van der Waals surface area contributed by atoms with Crippen molar-refractivity contribution in [3.63, 3.8) is 0 Å². The van der Waals surface area contributed by atoms with E-state index in [4.69, 9.17) is 0 Å². The maximum Gasteiger partial charge on any atom is 0.314 e. The Labute approximate surface area is 143 Å². The van der Waals surface area contributed by atoms with Gasteiger partial charge in [0.05, 0.1) is 6.10 Å². The van der Waals surface area contributed by atoms with Gasteiger partial charge in [0.1, 0.15) is 5.82 Å². The smallest absolute Gasteiger partial charge is 0.314 e. The minimum absolute atomic E-state index is 0.104. The summed E-state index contributed by atoms with van der Waals surface area (Å²) in [5.74, 6) is 0.333. The van der Waals surface area contributed by atoms with Crippen LogP contribution in [-0.2, 0) is 0 Å². The largest absolute Gasteiger partial charge is 0.387 e. The van der Waals surface area contributed by atoms with Gasteiger partial charge in [-0.2, -0.15) is 0 Å². The molecule has 134 valence electrons. The molecule has 5 nitrogen and oxygen atoms in total. The number of aliphatic hydroxyl groups excluding tert-OH is 1. The van der Waals surface area contributed by atoms with Crippen molar-refractivity contribution < 1.29 is 14.3 Å². The standard InChI is InChI=1S/C18H28FN3O2/c1-2-22-11-8-14(9-12-22)7-10-20-18(24)21-13-17(23)15-3-5-16(19)6-4-15/h3-6,14,17,23H,2,7-13H2,1H3,(H2,20,21,24). The quantitative estimate of drug-likeness (QED) is 0.715. The van der Waals surface area contributed by atoms with E-state index < -0.39 is 6.10 Å². The zero-order valence-corrected chi connectivity index (χ0v) is 14.3. The Morgan fingerprint density at radius 2 is 1.96 bits per heavy atom. The zero-order chi connectivity index (χ0) is 17.4. The molecule has 1 atom stereocenters. The molecule has 0 aromatic heterocycles. The van der Waals surface area contributed by atoms with Gasteiger partial charge in [-0.05, 0) is 62.5 Å². The number of aliphatic hydroxyl groups is 1. The first-order chi connectivity index (χ1) is 11.6. The van der Waals surface area contributed by atoms with Crippen molar-refractivity contribution in [1.29, 1.82) is 0 Å². The average molecular weight is 337 g/mol. The molecule has 24 heavy (non-hydrogen) atoms. The van der Waals surface area contributed by atoms with E-state index in [0.29, 0.717) is 18.0 Å². The number of carbonyl (C=O) groups excluding carboxylic acids is 1. The lowest BCUT2D eigenvalue weighted by Crippen LogP contribution is -2.39. The summed E-state index contributed by atoms with van der Waals surface area (Å²) >= 11 is 0. The van der Waals surface area contributed by atoms with Gasteiger partial charge in [0.2, 0.25) is 0 Å². The van der Waals surface area contributed by atoms with Crippen LogP contribution in [0.4, 0.5) is 9.18 Å². The summed E-state index contributed by atoms with van der Waals surface area (Å²) < 4.78 is 12.8. The molecule has 0 radical (unpaired) electrons. The van der Waals surface area contributed by atoms with Crippen LogP contribution >= 0.6 is 0 Å². The van der Waals surface area contributed by atoms with E-state index in [1.165, 1.54) is 37.1 Å². The van der Waals surface area contributed by atoms with Crippen molar-refractivity contribution in [3.8, 4) is 0 Å². The lowest BCUT2D eigenvalue weighted by Gasteiger charge is -2.31. The van der Waals surface area contributed by atoms with Crippen molar-refractivity contribution in [1.82, 2.24) is 15.5 Å². The van der Waals surface area contributed by atoms with Crippen LogP contribution in [0.3, 0.4) is 0 Å². The molecule has 1 aromatic carbocycles. The first kappa shape index (κ1) is 18.7. The van der Waals surface area contributed by atoms with Crippen molar-refractivity contribution >= 4 is 6.03 Å². The van der Waals surface area contributed by atoms with E-state index >= 15 is 0 Å². The minimum Gasteiger partial charge on any atom is -0.387 e. The maximum atomic E-state index is 12.8. The summed E-state index contributed by atoms with van der Waals surface area (Å²) in [4.78, 5) is 14.2. The molecule has 3 N–H and O–H groups in total. The Balaban J connectivity index is 1.59. The van der Waals surface area contributed by atoms with Crippen molar-refractivity contribution in [3.05, 3.63) is 35.6 Å². The van der Waals surface area contributed by atoms with Crippen LogP contribution in [0.5, 0.6) is 0 Å². The Kier molecular flexibility index (Phi) is 7.46. The van der Waals surface area contributed by atoms with E-state index in [1.54, 1.807) is 0 Å². The van der Waals surface area contributed by atoms with Crippen LogP contribution in [0.1, 0.15) is 37.9 Å². The van der Waals surface area contributed by atoms with Gasteiger partial charge in [0.15, 0.2) is 0 Å². The number of carbonyl (C=O) groups is 1. The molecule has 0 aliphatic carbocycles. The van der Waals surface area contributed by atoms with E-state index in [-0.39, 0.29) is 18.4 Å². The fourth-order valence-corrected chi connectivity index (χ4v) is 3.04. The minimum atomic E-state index is -0.838. The Bertz CT molecular complexity index is 501. The van der Waals surface area contributed by atoms with Gasteiger partial charge in [-0.3, -0.25) is 0 Å². The molecule has 1 heterocycles. The topological polar surface area (TPSA) is 64.6 Å². The number of piperidine rings is 1. The van der Waals surface area contributed by atoms with Gasteiger partial charge in [-0.25, -0.2) is 9.18 Å². The molecular formula is C18H28FN3O2. The van der Waals surface area contributed by atoms with Gasteiger partial charge < -0.3 is 20.6 Å². The maximum absolute atomic E-state index is 12.8. The van der Waals surface area contributed by atoms with E-state index in [1.807, 2.05) is 0 Å². The fourth-order valence-electron chi connectivity index (χ4n) is 3.04. The van der Waals surface area contributed by atoms with Crippen LogP contribution in [-0.4, -0.2) is 48.8 Å². The molecule has 2 amide bonds. The highest BCUT2D eigenvalue weighted by Crippen LogP contribution is 2.19. The van der Waals surface area contributed by atoms with Crippen LogP contribution in [0.15, 0.2) is 24.3 Å². The van der Waals surface area contributed by atoms with E-state index in [9.17, 15) is 14.3 Å². The lowest BCUT2D eigenvalue weighted by atomic mass is 9.93. The molecule has 1 aliphatic rings. The average Bonchev–Trinajstić information content (AvgIpc) is 2.61.